The van der Waals surface area contributed by atoms with E-state index in [9.17, 15) is 13.2 Å². The Morgan fingerprint density at radius 2 is 2.04 bits per heavy atom. The lowest BCUT2D eigenvalue weighted by Gasteiger charge is -2.32. The van der Waals surface area contributed by atoms with Gasteiger partial charge in [0.15, 0.2) is 10.6 Å². The van der Waals surface area contributed by atoms with Crippen LogP contribution in [0.1, 0.15) is 42.4 Å². The second-order valence-electron chi connectivity index (χ2n) is 6.67. The second kappa shape index (κ2) is 7.91. The number of aromatic nitrogens is 3. The fraction of sp³-hybridized carbons (Fsp3) is 0.471. The summed E-state index contributed by atoms with van der Waals surface area (Å²) in [5.74, 6) is 0.297. The first-order valence-corrected chi connectivity index (χ1v) is 10.7. The Morgan fingerprint density at radius 1 is 1.33 bits per heavy atom. The van der Waals surface area contributed by atoms with Crippen molar-refractivity contribution in [2.24, 2.45) is 7.05 Å². The van der Waals surface area contributed by atoms with Gasteiger partial charge in [-0.25, -0.2) is 8.42 Å². The van der Waals surface area contributed by atoms with E-state index in [0.717, 1.165) is 19.3 Å². The molecule has 1 aliphatic heterocycles. The van der Waals surface area contributed by atoms with Crippen LogP contribution in [-0.4, -0.2) is 46.0 Å². The van der Waals surface area contributed by atoms with Gasteiger partial charge in [-0.05, 0) is 56.2 Å². The zero-order valence-electron chi connectivity index (χ0n) is 15.3. The van der Waals surface area contributed by atoms with Crippen LogP contribution >= 0.6 is 12.2 Å². The molecular formula is C17H23N5O3S2. The predicted octanol–water partition coefficient (Wildman–Crippen LogP) is 1.97. The molecule has 0 radical (unpaired) electrons. The SMILES string of the molecule is CC1CCCCN1S(=O)(=O)c1ccc(C(=O)NCc2n[nH]c(=S)n2C)cc1. The number of amides is 1. The molecule has 10 heteroatoms. The summed E-state index contributed by atoms with van der Waals surface area (Å²) in [6.07, 6.45) is 2.80. The highest BCUT2D eigenvalue weighted by Gasteiger charge is 2.30. The van der Waals surface area contributed by atoms with Crippen molar-refractivity contribution in [3.05, 3.63) is 40.4 Å². The Balaban J connectivity index is 1.70. The molecule has 1 aliphatic rings. The first-order valence-electron chi connectivity index (χ1n) is 8.81. The van der Waals surface area contributed by atoms with Crippen molar-refractivity contribution in [1.29, 1.82) is 0 Å². The van der Waals surface area contributed by atoms with E-state index in [1.807, 2.05) is 6.92 Å². The highest BCUT2D eigenvalue weighted by atomic mass is 32.2. The van der Waals surface area contributed by atoms with Crippen molar-refractivity contribution in [2.75, 3.05) is 6.54 Å². The molecule has 27 heavy (non-hydrogen) atoms. The number of hydrogen-bond donors (Lipinski definition) is 2. The fourth-order valence-electron chi connectivity index (χ4n) is 3.14. The van der Waals surface area contributed by atoms with E-state index in [2.05, 4.69) is 15.5 Å². The Bertz CT molecular complexity index is 979. The zero-order chi connectivity index (χ0) is 19.6. The number of aromatic amines is 1. The molecule has 0 bridgehead atoms. The summed E-state index contributed by atoms with van der Waals surface area (Å²) in [5.41, 5.74) is 0.387. The summed E-state index contributed by atoms with van der Waals surface area (Å²) >= 11 is 5.03. The van der Waals surface area contributed by atoms with Gasteiger partial charge in [-0.2, -0.15) is 9.40 Å². The maximum Gasteiger partial charge on any atom is 0.251 e. The number of piperidine rings is 1. The van der Waals surface area contributed by atoms with E-state index in [4.69, 9.17) is 12.2 Å². The third kappa shape index (κ3) is 4.12. The van der Waals surface area contributed by atoms with Crippen molar-refractivity contribution in [3.8, 4) is 0 Å². The maximum absolute atomic E-state index is 12.8. The van der Waals surface area contributed by atoms with Gasteiger partial charge in [-0.15, -0.1) is 0 Å². The third-order valence-electron chi connectivity index (χ3n) is 4.84. The van der Waals surface area contributed by atoms with Gasteiger partial charge in [-0.3, -0.25) is 9.89 Å². The molecule has 1 atom stereocenters. The van der Waals surface area contributed by atoms with Gasteiger partial charge in [0.2, 0.25) is 10.0 Å². The molecular weight excluding hydrogens is 386 g/mol. The van der Waals surface area contributed by atoms with E-state index in [1.165, 1.54) is 24.3 Å². The summed E-state index contributed by atoms with van der Waals surface area (Å²) < 4.78 is 29.4. The minimum Gasteiger partial charge on any atom is -0.345 e. The van der Waals surface area contributed by atoms with Crippen LogP contribution < -0.4 is 5.32 Å². The topological polar surface area (TPSA) is 100 Å². The van der Waals surface area contributed by atoms with Crippen LogP contribution in [0.25, 0.3) is 0 Å². The summed E-state index contributed by atoms with van der Waals surface area (Å²) in [7, 11) is -1.78. The molecule has 1 aromatic carbocycles. The van der Waals surface area contributed by atoms with E-state index in [-0.39, 0.29) is 23.4 Å². The molecule has 1 fully saturated rings. The number of H-pyrrole nitrogens is 1. The van der Waals surface area contributed by atoms with Crippen molar-refractivity contribution < 1.29 is 13.2 Å². The number of rotatable bonds is 5. The van der Waals surface area contributed by atoms with Gasteiger partial charge in [0.25, 0.3) is 5.91 Å². The van der Waals surface area contributed by atoms with Crippen LogP contribution in [0.4, 0.5) is 0 Å². The van der Waals surface area contributed by atoms with Crippen molar-refractivity contribution in [1.82, 2.24) is 24.4 Å². The second-order valence-corrected chi connectivity index (χ2v) is 8.95. The first kappa shape index (κ1) is 19.7. The Labute approximate surface area is 163 Å². The third-order valence-corrected chi connectivity index (χ3v) is 7.24. The summed E-state index contributed by atoms with van der Waals surface area (Å²) in [6, 6.07) is 6.03. The molecule has 2 heterocycles. The van der Waals surface area contributed by atoms with Gasteiger partial charge < -0.3 is 9.88 Å². The van der Waals surface area contributed by atoms with E-state index in [1.54, 1.807) is 15.9 Å². The van der Waals surface area contributed by atoms with Crippen LogP contribution in [0, 0.1) is 4.77 Å². The Kier molecular flexibility index (Phi) is 5.78. The monoisotopic (exact) mass is 409 g/mol. The minimum absolute atomic E-state index is 0.00408. The molecule has 2 aromatic rings. The normalized spacial score (nSPS) is 18.4. The molecule has 146 valence electrons. The smallest absolute Gasteiger partial charge is 0.251 e. The largest absolute Gasteiger partial charge is 0.345 e. The lowest BCUT2D eigenvalue weighted by atomic mass is 10.1. The number of carbonyl (C=O) groups is 1. The Hall–Kier alpha value is -2.04. The lowest BCUT2D eigenvalue weighted by molar-refractivity contribution is 0.0949. The van der Waals surface area contributed by atoms with Crippen LogP contribution in [0.2, 0.25) is 0 Å². The number of hydrogen-bond acceptors (Lipinski definition) is 5. The molecule has 0 spiro atoms. The van der Waals surface area contributed by atoms with Crippen molar-refractivity contribution in [3.63, 3.8) is 0 Å². The highest BCUT2D eigenvalue weighted by Crippen LogP contribution is 2.25. The maximum atomic E-state index is 12.8. The molecule has 0 saturated carbocycles. The number of carbonyl (C=O) groups excluding carboxylic acids is 1. The first-order chi connectivity index (χ1) is 12.8. The highest BCUT2D eigenvalue weighted by molar-refractivity contribution is 7.89. The summed E-state index contributed by atoms with van der Waals surface area (Å²) in [5, 5.41) is 9.43. The van der Waals surface area contributed by atoms with Gasteiger partial charge in [0.05, 0.1) is 11.4 Å². The van der Waals surface area contributed by atoms with Crippen LogP contribution in [-0.2, 0) is 23.6 Å². The summed E-state index contributed by atoms with van der Waals surface area (Å²) in [4.78, 5) is 12.5. The molecule has 1 aromatic heterocycles. The number of nitrogens with zero attached hydrogens (tertiary/aromatic N) is 3. The molecule has 3 rings (SSSR count). The molecule has 8 nitrogen and oxygen atoms in total. The summed E-state index contributed by atoms with van der Waals surface area (Å²) in [6.45, 7) is 2.69. The number of sulfonamides is 1. The predicted molar refractivity (Wildman–Crippen MR) is 103 cm³/mol. The molecule has 2 N–H and O–H groups in total. The molecule has 1 unspecified atom stereocenters. The average Bonchev–Trinajstić information content (AvgIpc) is 2.98. The van der Waals surface area contributed by atoms with Crippen LogP contribution in [0.3, 0.4) is 0 Å². The van der Waals surface area contributed by atoms with Crippen LogP contribution in [0.5, 0.6) is 0 Å². The molecule has 1 saturated heterocycles. The van der Waals surface area contributed by atoms with Crippen LogP contribution in [0.15, 0.2) is 29.2 Å². The Morgan fingerprint density at radius 3 is 2.63 bits per heavy atom. The van der Waals surface area contributed by atoms with Crippen molar-refractivity contribution in [2.45, 2.75) is 43.7 Å². The minimum atomic E-state index is -3.54. The fourth-order valence-corrected chi connectivity index (χ4v) is 4.99. The van der Waals surface area contributed by atoms with Gasteiger partial charge >= 0.3 is 0 Å². The number of nitrogens with one attached hydrogen (secondary N) is 2. The van der Waals surface area contributed by atoms with E-state index < -0.39 is 10.0 Å². The number of benzene rings is 1. The standard InChI is InChI=1S/C17H23N5O3S2/c1-12-5-3-4-10-22(12)27(24,25)14-8-6-13(7-9-14)16(23)18-11-15-19-20-17(26)21(15)2/h6-9,12H,3-5,10-11H2,1-2H3,(H,18,23)(H,20,26). The zero-order valence-corrected chi connectivity index (χ0v) is 16.9. The van der Waals surface area contributed by atoms with Gasteiger partial charge in [0, 0.05) is 25.2 Å². The quantitative estimate of drug-likeness (QED) is 0.736. The molecule has 1 amide bonds. The molecule has 0 aliphatic carbocycles. The van der Waals surface area contributed by atoms with Gasteiger partial charge in [-0.1, -0.05) is 6.42 Å². The van der Waals surface area contributed by atoms with E-state index >= 15 is 0 Å². The van der Waals surface area contributed by atoms with Gasteiger partial charge in [0.1, 0.15) is 0 Å². The average molecular weight is 410 g/mol. The van der Waals surface area contributed by atoms with E-state index in [0.29, 0.717) is 22.7 Å². The van der Waals surface area contributed by atoms with Crippen molar-refractivity contribution >= 4 is 28.1 Å². The lowest BCUT2D eigenvalue weighted by Crippen LogP contribution is -2.41.